The fraction of sp³-hybridized carbons (Fsp3) is 0.471. The monoisotopic (exact) mass is 289 g/mol. The summed E-state index contributed by atoms with van der Waals surface area (Å²) in [7, 11) is 0. The molecule has 1 amide bonds. The van der Waals surface area contributed by atoms with E-state index in [4.69, 9.17) is 5.11 Å². The maximum Gasteiger partial charge on any atom is 0.254 e. The van der Waals surface area contributed by atoms with Gasteiger partial charge in [-0.15, -0.1) is 0 Å². The zero-order chi connectivity index (χ0) is 15.3. The average Bonchev–Trinajstić information content (AvgIpc) is 2.46. The van der Waals surface area contributed by atoms with Crippen molar-refractivity contribution >= 4 is 5.91 Å². The van der Waals surface area contributed by atoms with Crippen LogP contribution in [0.5, 0.6) is 0 Å². The SMILES string of the molecule is CC1(NC(=O)c2cc(C#CCO)ccc2F)CCCCC1. The summed E-state index contributed by atoms with van der Waals surface area (Å²) in [6, 6.07) is 4.16. The van der Waals surface area contributed by atoms with Crippen LogP contribution in [0.25, 0.3) is 0 Å². The lowest BCUT2D eigenvalue weighted by atomic mass is 9.83. The van der Waals surface area contributed by atoms with Gasteiger partial charge in [-0.2, -0.15) is 0 Å². The first-order valence-corrected chi connectivity index (χ1v) is 7.26. The molecule has 112 valence electrons. The van der Waals surface area contributed by atoms with E-state index >= 15 is 0 Å². The zero-order valence-electron chi connectivity index (χ0n) is 12.2. The quantitative estimate of drug-likeness (QED) is 0.822. The van der Waals surface area contributed by atoms with Crippen molar-refractivity contribution in [2.24, 2.45) is 0 Å². The Labute approximate surface area is 124 Å². The van der Waals surface area contributed by atoms with Gasteiger partial charge in [0.05, 0.1) is 5.56 Å². The first-order valence-electron chi connectivity index (χ1n) is 7.26. The topological polar surface area (TPSA) is 49.3 Å². The Balaban J connectivity index is 2.18. The number of carbonyl (C=O) groups is 1. The number of aliphatic hydroxyl groups is 1. The summed E-state index contributed by atoms with van der Waals surface area (Å²) < 4.78 is 13.9. The van der Waals surface area contributed by atoms with E-state index in [1.807, 2.05) is 6.92 Å². The van der Waals surface area contributed by atoms with Crippen molar-refractivity contribution in [1.29, 1.82) is 0 Å². The molecule has 1 saturated carbocycles. The van der Waals surface area contributed by atoms with Crippen LogP contribution in [0.2, 0.25) is 0 Å². The molecule has 0 heterocycles. The molecule has 1 fully saturated rings. The van der Waals surface area contributed by atoms with E-state index in [0.717, 1.165) is 25.7 Å². The molecule has 2 N–H and O–H groups in total. The van der Waals surface area contributed by atoms with Gasteiger partial charge in [0.1, 0.15) is 12.4 Å². The lowest BCUT2D eigenvalue weighted by Crippen LogP contribution is -2.47. The second-order valence-electron chi connectivity index (χ2n) is 5.73. The number of carbonyl (C=O) groups excluding carboxylic acids is 1. The number of nitrogens with one attached hydrogen (secondary N) is 1. The van der Waals surface area contributed by atoms with Crippen molar-refractivity contribution in [3.63, 3.8) is 0 Å². The molecule has 3 nitrogen and oxygen atoms in total. The van der Waals surface area contributed by atoms with Gasteiger partial charge in [-0.1, -0.05) is 31.1 Å². The van der Waals surface area contributed by atoms with Crippen molar-refractivity contribution in [3.05, 3.63) is 35.1 Å². The molecule has 0 radical (unpaired) electrons. The maximum atomic E-state index is 13.9. The van der Waals surface area contributed by atoms with E-state index in [2.05, 4.69) is 17.2 Å². The normalized spacial score (nSPS) is 16.7. The number of benzene rings is 1. The number of aliphatic hydroxyl groups excluding tert-OH is 1. The fourth-order valence-electron chi connectivity index (χ4n) is 2.72. The van der Waals surface area contributed by atoms with Crippen LogP contribution in [0.4, 0.5) is 4.39 Å². The largest absolute Gasteiger partial charge is 0.384 e. The molecule has 0 saturated heterocycles. The van der Waals surface area contributed by atoms with E-state index in [1.54, 1.807) is 0 Å². The predicted octanol–water partition coefficient (Wildman–Crippen LogP) is 2.62. The average molecular weight is 289 g/mol. The highest BCUT2D eigenvalue weighted by molar-refractivity contribution is 5.95. The molecule has 0 aromatic heterocycles. The molecule has 4 heteroatoms. The summed E-state index contributed by atoms with van der Waals surface area (Å²) in [4.78, 5) is 12.3. The highest BCUT2D eigenvalue weighted by atomic mass is 19.1. The summed E-state index contributed by atoms with van der Waals surface area (Å²) in [6.45, 7) is 1.74. The van der Waals surface area contributed by atoms with Crippen LogP contribution in [0.3, 0.4) is 0 Å². The summed E-state index contributed by atoms with van der Waals surface area (Å²) in [5, 5.41) is 11.6. The lowest BCUT2D eigenvalue weighted by Gasteiger charge is -2.34. The minimum atomic E-state index is -0.554. The Morgan fingerprint density at radius 1 is 1.38 bits per heavy atom. The van der Waals surface area contributed by atoms with Gasteiger partial charge < -0.3 is 10.4 Å². The number of amides is 1. The van der Waals surface area contributed by atoms with Crippen LogP contribution in [0, 0.1) is 17.7 Å². The third kappa shape index (κ3) is 4.05. The molecule has 0 unspecified atom stereocenters. The number of rotatable bonds is 2. The Morgan fingerprint density at radius 3 is 2.76 bits per heavy atom. The molecule has 1 aromatic rings. The van der Waals surface area contributed by atoms with E-state index in [1.165, 1.54) is 24.6 Å². The highest BCUT2D eigenvalue weighted by Gasteiger charge is 2.29. The Morgan fingerprint density at radius 2 is 2.10 bits per heavy atom. The molecule has 1 aromatic carbocycles. The van der Waals surface area contributed by atoms with Crippen LogP contribution in [0.1, 0.15) is 54.9 Å². The fourth-order valence-corrected chi connectivity index (χ4v) is 2.72. The Hall–Kier alpha value is -1.86. The summed E-state index contributed by atoms with van der Waals surface area (Å²) in [5.74, 6) is 4.22. The minimum Gasteiger partial charge on any atom is -0.384 e. The summed E-state index contributed by atoms with van der Waals surface area (Å²) >= 11 is 0. The van der Waals surface area contributed by atoms with Crippen LogP contribution < -0.4 is 5.32 Å². The highest BCUT2D eigenvalue weighted by Crippen LogP contribution is 2.28. The molecule has 0 spiro atoms. The molecule has 0 atom stereocenters. The van der Waals surface area contributed by atoms with Gasteiger partial charge in [0.2, 0.25) is 0 Å². The molecule has 1 aliphatic rings. The molecule has 0 bridgehead atoms. The van der Waals surface area contributed by atoms with Gasteiger partial charge in [-0.3, -0.25) is 4.79 Å². The van der Waals surface area contributed by atoms with Gasteiger partial charge >= 0.3 is 0 Å². The molecule has 2 rings (SSSR count). The van der Waals surface area contributed by atoms with E-state index in [9.17, 15) is 9.18 Å². The first-order chi connectivity index (χ1) is 10.0. The standard InChI is InChI=1S/C17H20FNO2/c1-17(9-3-2-4-10-17)19-16(21)14-12-13(6-5-11-20)7-8-15(14)18/h7-8,12,20H,2-4,9-11H2,1H3,(H,19,21). The second kappa shape index (κ2) is 6.73. The van der Waals surface area contributed by atoms with Gasteiger partial charge in [-0.25, -0.2) is 4.39 Å². The molecular weight excluding hydrogens is 269 g/mol. The molecular formula is C17H20FNO2. The second-order valence-corrected chi connectivity index (χ2v) is 5.73. The smallest absolute Gasteiger partial charge is 0.254 e. The van der Waals surface area contributed by atoms with Crippen molar-refractivity contribution in [3.8, 4) is 11.8 Å². The zero-order valence-corrected chi connectivity index (χ0v) is 12.2. The molecule has 1 aliphatic carbocycles. The van der Waals surface area contributed by atoms with Crippen LogP contribution in [0.15, 0.2) is 18.2 Å². The van der Waals surface area contributed by atoms with E-state index in [-0.39, 0.29) is 17.7 Å². The van der Waals surface area contributed by atoms with Crippen molar-refractivity contribution < 1.29 is 14.3 Å². The van der Waals surface area contributed by atoms with Crippen molar-refractivity contribution in [2.75, 3.05) is 6.61 Å². The van der Waals surface area contributed by atoms with Gasteiger partial charge in [-0.05, 0) is 38.0 Å². The van der Waals surface area contributed by atoms with Gasteiger partial charge in [0.15, 0.2) is 0 Å². The summed E-state index contributed by atoms with van der Waals surface area (Å²) in [5.41, 5.74) is 0.269. The van der Waals surface area contributed by atoms with E-state index in [0.29, 0.717) is 5.56 Å². The van der Waals surface area contributed by atoms with E-state index < -0.39 is 11.7 Å². The number of hydrogen-bond acceptors (Lipinski definition) is 2. The van der Waals surface area contributed by atoms with Crippen LogP contribution in [-0.2, 0) is 0 Å². The van der Waals surface area contributed by atoms with Crippen LogP contribution >= 0.6 is 0 Å². The van der Waals surface area contributed by atoms with Crippen LogP contribution in [-0.4, -0.2) is 23.2 Å². The van der Waals surface area contributed by atoms with Gasteiger partial charge in [0.25, 0.3) is 5.91 Å². The Kier molecular flexibility index (Phi) is 4.98. The predicted molar refractivity (Wildman–Crippen MR) is 79.3 cm³/mol. The van der Waals surface area contributed by atoms with Crippen molar-refractivity contribution in [2.45, 2.75) is 44.6 Å². The molecule has 21 heavy (non-hydrogen) atoms. The maximum absolute atomic E-state index is 13.9. The third-order valence-corrected chi connectivity index (χ3v) is 3.90. The number of halogens is 1. The third-order valence-electron chi connectivity index (χ3n) is 3.90. The lowest BCUT2D eigenvalue weighted by molar-refractivity contribution is 0.0878. The Bertz CT molecular complexity index is 580. The first kappa shape index (κ1) is 15.5. The van der Waals surface area contributed by atoms with Gasteiger partial charge in [0, 0.05) is 11.1 Å². The summed E-state index contributed by atoms with van der Waals surface area (Å²) in [6.07, 6.45) is 5.20. The number of hydrogen-bond donors (Lipinski definition) is 2. The van der Waals surface area contributed by atoms with Crippen molar-refractivity contribution in [1.82, 2.24) is 5.32 Å². The minimum absolute atomic E-state index is 0.00605. The molecule has 0 aliphatic heterocycles.